The van der Waals surface area contributed by atoms with Gasteiger partial charge in [0.25, 0.3) is 0 Å². The maximum atomic E-state index is 11.8. The molecule has 0 aromatic rings. The minimum atomic E-state index is -0.104. The van der Waals surface area contributed by atoms with E-state index in [2.05, 4.69) is 25.1 Å². The van der Waals surface area contributed by atoms with Gasteiger partial charge in [0, 0.05) is 5.92 Å². The molecule has 0 rings (SSSR count). The van der Waals surface area contributed by atoms with Gasteiger partial charge in [0.15, 0.2) is 0 Å². The molecule has 2 atom stereocenters. The lowest BCUT2D eigenvalue weighted by Gasteiger charge is -2.17. The van der Waals surface area contributed by atoms with Crippen molar-refractivity contribution in [3.05, 3.63) is 0 Å². The van der Waals surface area contributed by atoms with Crippen LogP contribution in [-0.2, 0) is 4.79 Å². The van der Waals surface area contributed by atoms with Gasteiger partial charge in [0.1, 0.15) is 0 Å². The fourth-order valence-electron chi connectivity index (χ4n) is 1.52. The molecular formula is C13H23NO. The Kier molecular flexibility index (Phi) is 7.81. The van der Waals surface area contributed by atoms with Gasteiger partial charge in [0.2, 0.25) is 5.91 Å². The molecule has 0 fully saturated rings. The Morgan fingerprint density at radius 3 is 2.40 bits per heavy atom. The minimum absolute atomic E-state index is 0.104. The Balaban J connectivity index is 4.09. The lowest BCUT2D eigenvalue weighted by atomic mass is 9.98. The molecule has 0 bridgehead atoms. The van der Waals surface area contributed by atoms with E-state index in [0.717, 1.165) is 32.1 Å². The van der Waals surface area contributed by atoms with Gasteiger partial charge in [0.05, 0.1) is 6.04 Å². The van der Waals surface area contributed by atoms with Crippen LogP contribution in [-0.4, -0.2) is 11.9 Å². The van der Waals surface area contributed by atoms with Crippen molar-refractivity contribution in [2.24, 2.45) is 5.92 Å². The van der Waals surface area contributed by atoms with E-state index in [9.17, 15) is 4.79 Å². The molecule has 2 unspecified atom stereocenters. The SMILES string of the molecule is C#CC(CC)NC(=O)C(CC)CCCC. The van der Waals surface area contributed by atoms with Crippen LogP contribution in [0.25, 0.3) is 0 Å². The Morgan fingerprint density at radius 2 is 2.00 bits per heavy atom. The van der Waals surface area contributed by atoms with E-state index in [1.807, 2.05) is 6.92 Å². The Labute approximate surface area is 93.8 Å². The summed E-state index contributed by atoms with van der Waals surface area (Å²) in [6.45, 7) is 6.18. The van der Waals surface area contributed by atoms with Crippen molar-refractivity contribution in [2.45, 2.75) is 58.9 Å². The smallest absolute Gasteiger partial charge is 0.224 e. The minimum Gasteiger partial charge on any atom is -0.342 e. The third kappa shape index (κ3) is 5.47. The van der Waals surface area contributed by atoms with Gasteiger partial charge < -0.3 is 5.32 Å². The molecule has 0 radical (unpaired) electrons. The van der Waals surface area contributed by atoms with Crippen LogP contribution in [0.2, 0.25) is 0 Å². The van der Waals surface area contributed by atoms with E-state index in [-0.39, 0.29) is 17.9 Å². The van der Waals surface area contributed by atoms with E-state index in [0.29, 0.717) is 0 Å². The molecule has 0 aromatic carbocycles. The molecule has 0 spiro atoms. The number of amides is 1. The number of hydrogen-bond acceptors (Lipinski definition) is 1. The van der Waals surface area contributed by atoms with Crippen molar-refractivity contribution in [2.75, 3.05) is 0 Å². The Morgan fingerprint density at radius 1 is 1.33 bits per heavy atom. The van der Waals surface area contributed by atoms with E-state index < -0.39 is 0 Å². The lowest BCUT2D eigenvalue weighted by Crippen LogP contribution is -2.37. The van der Waals surface area contributed by atoms with Gasteiger partial charge in [-0.2, -0.15) is 0 Å². The Bertz CT molecular complexity index is 217. The van der Waals surface area contributed by atoms with Gasteiger partial charge >= 0.3 is 0 Å². The first-order valence-corrected chi connectivity index (χ1v) is 5.95. The summed E-state index contributed by atoms with van der Waals surface area (Å²) in [5.41, 5.74) is 0. The van der Waals surface area contributed by atoms with Crippen molar-refractivity contribution < 1.29 is 4.79 Å². The molecule has 86 valence electrons. The van der Waals surface area contributed by atoms with Crippen molar-refractivity contribution in [3.63, 3.8) is 0 Å². The van der Waals surface area contributed by atoms with E-state index in [4.69, 9.17) is 6.42 Å². The van der Waals surface area contributed by atoms with Gasteiger partial charge in [-0.1, -0.05) is 39.5 Å². The van der Waals surface area contributed by atoms with Crippen LogP contribution < -0.4 is 5.32 Å². The number of hydrogen-bond donors (Lipinski definition) is 1. The molecule has 15 heavy (non-hydrogen) atoms. The Hall–Kier alpha value is -0.970. The molecule has 0 saturated heterocycles. The predicted molar refractivity (Wildman–Crippen MR) is 64.4 cm³/mol. The lowest BCUT2D eigenvalue weighted by molar-refractivity contribution is -0.125. The molecule has 0 saturated carbocycles. The van der Waals surface area contributed by atoms with Gasteiger partial charge in [-0.25, -0.2) is 0 Å². The largest absolute Gasteiger partial charge is 0.342 e. The summed E-state index contributed by atoms with van der Waals surface area (Å²) in [4.78, 5) is 11.8. The van der Waals surface area contributed by atoms with Gasteiger partial charge in [-0.05, 0) is 19.3 Å². The first-order chi connectivity index (χ1) is 7.19. The zero-order valence-electron chi connectivity index (χ0n) is 10.2. The van der Waals surface area contributed by atoms with Crippen LogP contribution in [0.4, 0.5) is 0 Å². The molecule has 2 nitrogen and oxygen atoms in total. The summed E-state index contributed by atoms with van der Waals surface area (Å²) in [6, 6.07) is -0.104. The summed E-state index contributed by atoms with van der Waals surface area (Å²) >= 11 is 0. The van der Waals surface area contributed by atoms with Crippen molar-refractivity contribution in [1.82, 2.24) is 5.32 Å². The zero-order valence-corrected chi connectivity index (χ0v) is 10.2. The van der Waals surface area contributed by atoms with E-state index >= 15 is 0 Å². The second-order valence-corrected chi connectivity index (χ2v) is 3.88. The quantitative estimate of drug-likeness (QED) is 0.642. The van der Waals surface area contributed by atoms with Crippen molar-refractivity contribution in [1.29, 1.82) is 0 Å². The number of terminal acetylenes is 1. The maximum Gasteiger partial charge on any atom is 0.224 e. The second-order valence-electron chi connectivity index (χ2n) is 3.88. The molecule has 0 aliphatic carbocycles. The highest BCUT2D eigenvalue weighted by Crippen LogP contribution is 2.12. The highest BCUT2D eigenvalue weighted by atomic mass is 16.1. The number of unbranched alkanes of at least 4 members (excludes halogenated alkanes) is 1. The highest BCUT2D eigenvalue weighted by molar-refractivity contribution is 5.79. The van der Waals surface area contributed by atoms with Crippen LogP contribution >= 0.6 is 0 Å². The van der Waals surface area contributed by atoms with Crippen LogP contribution in [0.5, 0.6) is 0 Å². The molecule has 0 aliphatic rings. The summed E-state index contributed by atoms with van der Waals surface area (Å²) in [7, 11) is 0. The molecule has 0 heterocycles. The van der Waals surface area contributed by atoms with E-state index in [1.165, 1.54) is 0 Å². The molecular weight excluding hydrogens is 186 g/mol. The first-order valence-electron chi connectivity index (χ1n) is 5.95. The molecule has 1 amide bonds. The topological polar surface area (TPSA) is 29.1 Å². The maximum absolute atomic E-state index is 11.8. The molecule has 1 N–H and O–H groups in total. The van der Waals surface area contributed by atoms with Gasteiger partial charge in [-0.15, -0.1) is 6.42 Å². The molecule has 2 heteroatoms. The van der Waals surface area contributed by atoms with Crippen molar-refractivity contribution >= 4 is 5.91 Å². The number of carbonyl (C=O) groups excluding carboxylic acids is 1. The van der Waals surface area contributed by atoms with E-state index in [1.54, 1.807) is 0 Å². The third-order valence-corrected chi connectivity index (χ3v) is 2.70. The zero-order chi connectivity index (χ0) is 11.7. The average Bonchev–Trinajstić information content (AvgIpc) is 2.26. The van der Waals surface area contributed by atoms with Crippen LogP contribution in [0, 0.1) is 18.3 Å². The summed E-state index contributed by atoms with van der Waals surface area (Å²) in [5.74, 6) is 2.84. The fraction of sp³-hybridized carbons (Fsp3) is 0.769. The van der Waals surface area contributed by atoms with Crippen molar-refractivity contribution in [3.8, 4) is 12.3 Å². The van der Waals surface area contributed by atoms with Gasteiger partial charge in [-0.3, -0.25) is 4.79 Å². The summed E-state index contributed by atoms with van der Waals surface area (Å²) in [6.07, 6.45) is 10.2. The van der Waals surface area contributed by atoms with Crippen LogP contribution in [0.15, 0.2) is 0 Å². The highest BCUT2D eigenvalue weighted by Gasteiger charge is 2.17. The number of nitrogens with one attached hydrogen (secondary N) is 1. The monoisotopic (exact) mass is 209 g/mol. The number of carbonyl (C=O) groups is 1. The summed E-state index contributed by atoms with van der Waals surface area (Å²) in [5, 5.41) is 2.90. The fourth-order valence-corrected chi connectivity index (χ4v) is 1.52. The normalized spacial score (nSPS) is 14.0. The molecule has 0 aromatic heterocycles. The second kappa shape index (κ2) is 8.35. The predicted octanol–water partition coefficient (Wildman–Crippen LogP) is 2.73. The van der Waals surface area contributed by atoms with Crippen LogP contribution in [0.1, 0.15) is 52.9 Å². The third-order valence-electron chi connectivity index (χ3n) is 2.70. The first kappa shape index (κ1) is 14.0. The average molecular weight is 209 g/mol. The standard InChI is InChI=1S/C13H23NO/c1-5-9-10-11(6-2)13(15)14-12(7-3)8-4/h3,11-12H,5-6,8-10H2,1-2,4H3,(H,14,15). The summed E-state index contributed by atoms with van der Waals surface area (Å²) < 4.78 is 0. The molecule has 0 aliphatic heterocycles. The number of rotatable bonds is 7. The van der Waals surface area contributed by atoms with Crippen LogP contribution in [0.3, 0.4) is 0 Å².